The Balaban J connectivity index is 1.87. The lowest BCUT2D eigenvalue weighted by molar-refractivity contribution is -0.141. The van der Waals surface area contributed by atoms with Crippen LogP contribution in [-0.4, -0.2) is 51.6 Å². The maximum Gasteiger partial charge on any atom is 0.326 e. The Hall–Kier alpha value is -2.41. The molecule has 0 aliphatic carbocycles. The third-order valence-corrected chi connectivity index (χ3v) is 3.80. The van der Waals surface area contributed by atoms with Gasteiger partial charge >= 0.3 is 5.97 Å². The van der Waals surface area contributed by atoms with Crippen LogP contribution in [0, 0.1) is 0 Å². The van der Waals surface area contributed by atoms with E-state index in [9.17, 15) is 19.5 Å². The number of likely N-dealkylation sites (tertiary alicyclic amines) is 1. The molecule has 0 spiro atoms. The number of carboxylic acids is 1. The number of aliphatic carboxylic acids is 1. The van der Waals surface area contributed by atoms with Crippen LogP contribution in [0.2, 0.25) is 0 Å². The molecule has 0 unspecified atom stereocenters. The quantitative estimate of drug-likeness (QED) is 0.701. The zero-order valence-electron chi connectivity index (χ0n) is 11.1. The van der Waals surface area contributed by atoms with Crippen molar-refractivity contribution in [1.82, 2.24) is 4.90 Å². The number of anilines is 1. The molecule has 1 fully saturated rings. The van der Waals surface area contributed by atoms with E-state index in [1.54, 1.807) is 18.2 Å². The number of aliphatic hydroxyl groups is 1. The van der Waals surface area contributed by atoms with Crippen LogP contribution in [0.4, 0.5) is 5.69 Å². The largest absolute Gasteiger partial charge is 0.480 e. The van der Waals surface area contributed by atoms with Crippen LogP contribution < -0.4 is 5.32 Å². The molecule has 0 saturated carbocycles. The van der Waals surface area contributed by atoms with Gasteiger partial charge in [-0.1, -0.05) is 0 Å². The number of rotatable bonds is 2. The third kappa shape index (κ3) is 2.36. The van der Waals surface area contributed by atoms with E-state index >= 15 is 0 Å². The molecular weight excluding hydrogens is 276 g/mol. The molecule has 2 heterocycles. The summed E-state index contributed by atoms with van der Waals surface area (Å²) in [5.41, 5.74) is 1.72. The lowest BCUT2D eigenvalue weighted by Gasteiger charge is -2.21. The zero-order chi connectivity index (χ0) is 15.1. The summed E-state index contributed by atoms with van der Waals surface area (Å²) >= 11 is 0. The van der Waals surface area contributed by atoms with E-state index in [0.717, 1.165) is 5.56 Å². The number of β-amino-alcohol motifs (C(OH)–C–C–N with tert-alkyl or cyclic N) is 1. The Morgan fingerprint density at radius 2 is 2.10 bits per heavy atom. The summed E-state index contributed by atoms with van der Waals surface area (Å²) in [6.07, 6.45) is -0.583. The molecule has 2 aliphatic heterocycles. The molecule has 110 valence electrons. The first-order valence-corrected chi connectivity index (χ1v) is 6.60. The molecule has 2 aliphatic rings. The fraction of sp³-hybridized carbons (Fsp3) is 0.357. The van der Waals surface area contributed by atoms with Gasteiger partial charge in [-0.2, -0.15) is 0 Å². The SMILES string of the molecule is O=C1Cc2cc(C(=O)N3C[C@@H](O)C[C@H]3C(=O)O)ccc2N1. The van der Waals surface area contributed by atoms with E-state index in [4.69, 9.17) is 5.11 Å². The number of benzene rings is 1. The number of nitrogens with one attached hydrogen (secondary N) is 1. The van der Waals surface area contributed by atoms with Crippen LogP contribution in [-0.2, 0) is 16.0 Å². The lowest BCUT2D eigenvalue weighted by atomic mass is 10.1. The van der Waals surface area contributed by atoms with Gasteiger partial charge in [-0.15, -0.1) is 0 Å². The minimum absolute atomic E-state index is 0.00403. The predicted octanol–water partition coefficient (Wildman–Crippen LogP) is -0.159. The molecule has 1 aromatic rings. The Labute approximate surface area is 120 Å². The second kappa shape index (κ2) is 4.85. The standard InChI is InChI=1S/C14H14N2O5/c17-9-5-11(14(20)21)16(6-9)13(19)7-1-2-10-8(3-7)4-12(18)15-10/h1-3,9,11,17H,4-6H2,(H,15,18)(H,20,21)/t9-,11-/m0/s1. The van der Waals surface area contributed by atoms with Gasteiger partial charge in [0.2, 0.25) is 5.91 Å². The number of amides is 2. The van der Waals surface area contributed by atoms with Gasteiger partial charge in [0.25, 0.3) is 5.91 Å². The average Bonchev–Trinajstić information content (AvgIpc) is 2.98. The zero-order valence-corrected chi connectivity index (χ0v) is 11.1. The fourth-order valence-electron chi connectivity index (χ4n) is 2.80. The lowest BCUT2D eigenvalue weighted by Crippen LogP contribution is -2.40. The Kier molecular flexibility index (Phi) is 3.13. The molecule has 7 nitrogen and oxygen atoms in total. The number of fused-ring (bicyclic) bond motifs is 1. The van der Waals surface area contributed by atoms with Crippen LogP contribution >= 0.6 is 0 Å². The van der Waals surface area contributed by atoms with Crippen molar-refractivity contribution in [3.63, 3.8) is 0 Å². The highest BCUT2D eigenvalue weighted by atomic mass is 16.4. The average molecular weight is 290 g/mol. The number of aliphatic hydroxyl groups excluding tert-OH is 1. The van der Waals surface area contributed by atoms with Crippen molar-refractivity contribution in [2.24, 2.45) is 0 Å². The maximum atomic E-state index is 12.4. The topological polar surface area (TPSA) is 107 Å². The highest BCUT2D eigenvalue weighted by molar-refractivity contribution is 6.02. The predicted molar refractivity (Wildman–Crippen MR) is 71.9 cm³/mol. The van der Waals surface area contributed by atoms with E-state index in [1.165, 1.54) is 4.90 Å². The molecule has 1 saturated heterocycles. The van der Waals surface area contributed by atoms with Gasteiger partial charge in [0.05, 0.1) is 12.5 Å². The Morgan fingerprint density at radius 3 is 2.81 bits per heavy atom. The molecule has 3 rings (SSSR count). The molecule has 0 bridgehead atoms. The molecule has 0 radical (unpaired) electrons. The first-order chi connectivity index (χ1) is 9.95. The normalized spacial score (nSPS) is 23.9. The summed E-state index contributed by atoms with van der Waals surface area (Å²) < 4.78 is 0. The molecular formula is C14H14N2O5. The van der Waals surface area contributed by atoms with E-state index in [-0.39, 0.29) is 25.3 Å². The van der Waals surface area contributed by atoms with Gasteiger partial charge < -0.3 is 20.4 Å². The Morgan fingerprint density at radius 1 is 1.33 bits per heavy atom. The van der Waals surface area contributed by atoms with E-state index in [0.29, 0.717) is 11.3 Å². The second-order valence-corrected chi connectivity index (χ2v) is 5.30. The maximum absolute atomic E-state index is 12.4. The van der Waals surface area contributed by atoms with Gasteiger partial charge in [0.15, 0.2) is 0 Å². The van der Waals surface area contributed by atoms with Crippen molar-refractivity contribution in [1.29, 1.82) is 0 Å². The first kappa shape index (κ1) is 13.6. The van der Waals surface area contributed by atoms with E-state index in [1.807, 2.05) is 0 Å². The van der Waals surface area contributed by atoms with Crippen LogP contribution in [0.3, 0.4) is 0 Å². The number of hydrogen-bond acceptors (Lipinski definition) is 4. The van der Waals surface area contributed by atoms with Gasteiger partial charge in [-0.3, -0.25) is 9.59 Å². The van der Waals surface area contributed by atoms with Crippen molar-refractivity contribution in [3.8, 4) is 0 Å². The summed E-state index contributed by atoms with van der Waals surface area (Å²) in [6, 6.07) is 3.77. The van der Waals surface area contributed by atoms with Crippen molar-refractivity contribution in [3.05, 3.63) is 29.3 Å². The molecule has 7 heteroatoms. The fourth-order valence-corrected chi connectivity index (χ4v) is 2.80. The monoisotopic (exact) mass is 290 g/mol. The second-order valence-electron chi connectivity index (χ2n) is 5.30. The van der Waals surface area contributed by atoms with E-state index < -0.39 is 24.0 Å². The molecule has 2 atom stereocenters. The highest BCUT2D eigenvalue weighted by Gasteiger charge is 2.39. The van der Waals surface area contributed by atoms with Crippen molar-refractivity contribution in [2.45, 2.75) is 25.0 Å². The van der Waals surface area contributed by atoms with E-state index in [2.05, 4.69) is 5.32 Å². The van der Waals surface area contributed by atoms with Gasteiger partial charge in [0.1, 0.15) is 6.04 Å². The molecule has 21 heavy (non-hydrogen) atoms. The number of carbonyl (C=O) groups is 3. The van der Waals surface area contributed by atoms with Crippen LogP contribution in [0.1, 0.15) is 22.3 Å². The van der Waals surface area contributed by atoms with Crippen LogP contribution in [0.25, 0.3) is 0 Å². The number of carbonyl (C=O) groups excluding carboxylic acids is 2. The third-order valence-electron chi connectivity index (χ3n) is 3.80. The molecule has 0 aromatic heterocycles. The minimum Gasteiger partial charge on any atom is -0.480 e. The van der Waals surface area contributed by atoms with Crippen molar-refractivity contribution < 1.29 is 24.6 Å². The van der Waals surface area contributed by atoms with Crippen molar-refractivity contribution in [2.75, 3.05) is 11.9 Å². The number of carboxylic acid groups (broad SMARTS) is 1. The summed E-state index contributed by atoms with van der Waals surface area (Å²) in [7, 11) is 0. The minimum atomic E-state index is -1.13. The molecule has 2 amide bonds. The summed E-state index contributed by atoms with van der Waals surface area (Å²) in [5, 5.41) is 21.4. The summed E-state index contributed by atoms with van der Waals surface area (Å²) in [5.74, 6) is -1.70. The number of nitrogens with zero attached hydrogens (tertiary/aromatic N) is 1. The summed E-state index contributed by atoms with van der Waals surface area (Å²) in [4.78, 5) is 36.1. The first-order valence-electron chi connectivity index (χ1n) is 6.60. The van der Waals surface area contributed by atoms with Crippen LogP contribution in [0.5, 0.6) is 0 Å². The van der Waals surface area contributed by atoms with Crippen LogP contribution in [0.15, 0.2) is 18.2 Å². The highest BCUT2D eigenvalue weighted by Crippen LogP contribution is 2.26. The van der Waals surface area contributed by atoms with Gasteiger partial charge in [0, 0.05) is 24.2 Å². The van der Waals surface area contributed by atoms with Gasteiger partial charge in [-0.25, -0.2) is 4.79 Å². The van der Waals surface area contributed by atoms with Gasteiger partial charge in [-0.05, 0) is 23.8 Å². The summed E-state index contributed by atoms with van der Waals surface area (Å²) in [6.45, 7) is 0.00403. The van der Waals surface area contributed by atoms with Crippen molar-refractivity contribution >= 4 is 23.5 Å². The Bertz CT molecular complexity index is 642. The smallest absolute Gasteiger partial charge is 0.326 e. The molecule has 3 N–H and O–H groups in total. The number of hydrogen-bond donors (Lipinski definition) is 3. The molecule has 1 aromatic carbocycles.